The highest BCUT2D eigenvalue weighted by atomic mass is 15.1. The highest BCUT2D eigenvalue weighted by Crippen LogP contribution is 2.52. The van der Waals surface area contributed by atoms with E-state index in [1.54, 1.807) is 0 Å². The fourth-order valence-corrected chi connectivity index (χ4v) is 10.5. The van der Waals surface area contributed by atoms with Crippen molar-refractivity contribution in [3.05, 3.63) is 270 Å². The molecule has 0 saturated heterocycles. The highest BCUT2D eigenvalue weighted by Gasteiger charge is 2.35. The van der Waals surface area contributed by atoms with E-state index >= 15 is 0 Å². The number of nitrogens with zero attached hydrogens (tertiary/aromatic N) is 1. The molecule has 1 heteroatoms. The summed E-state index contributed by atoms with van der Waals surface area (Å²) in [7, 11) is 0. The van der Waals surface area contributed by atoms with E-state index in [4.69, 9.17) is 0 Å². The number of hydrogen-bond acceptors (Lipinski definition) is 1. The molecule has 64 heavy (non-hydrogen) atoms. The Morgan fingerprint density at radius 1 is 0.328 bits per heavy atom. The average Bonchev–Trinajstić information content (AvgIpc) is 3.59. The van der Waals surface area contributed by atoms with E-state index in [1.807, 2.05) is 0 Å². The van der Waals surface area contributed by atoms with Crippen molar-refractivity contribution in [1.82, 2.24) is 0 Å². The van der Waals surface area contributed by atoms with Crippen LogP contribution in [0, 0.1) is 0 Å². The average molecular weight is 816 g/mol. The quantitative estimate of drug-likeness (QED) is 0.109. The Kier molecular flexibility index (Phi) is 8.91. The van der Waals surface area contributed by atoms with Gasteiger partial charge in [-0.15, -0.1) is 0 Å². The molecule has 12 rings (SSSR count). The number of para-hydroxylation sites is 1. The third-order valence-corrected chi connectivity index (χ3v) is 13.6. The monoisotopic (exact) mass is 815 g/mol. The Labute approximate surface area is 374 Å². The highest BCUT2D eigenvalue weighted by molar-refractivity contribution is 6.18. The van der Waals surface area contributed by atoms with E-state index in [2.05, 4.69) is 255 Å². The van der Waals surface area contributed by atoms with Crippen LogP contribution in [0.2, 0.25) is 0 Å². The Morgan fingerprint density at radius 2 is 0.828 bits per heavy atom. The van der Waals surface area contributed by atoms with Crippen LogP contribution in [-0.2, 0) is 5.41 Å². The first-order valence-corrected chi connectivity index (χ1v) is 22.3. The van der Waals surface area contributed by atoms with Crippen molar-refractivity contribution in [3.8, 4) is 11.1 Å². The van der Waals surface area contributed by atoms with E-state index < -0.39 is 0 Å². The smallest absolute Gasteiger partial charge is 0.0468 e. The first kappa shape index (κ1) is 37.7. The molecule has 11 aromatic carbocycles. The van der Waals surface area contributed by atoms with Gasteiger partial charge >= 0.3 is 0 Å². The van der Waals surface area contributed by atoms with Gasteiger partial charge in [0.05, 0.1) is 0 Å². The molecule has 1 aliphatic carbocycles. The number of fused-ring (bicyclic) bond motifs is 2. The zero-order valence-electron chi connectivity index (χ0n) is 36.0. The predicted octanol–water partition coefficient (Wildman–Crippen LogP) is 17.1. The predicted molar refractivity (Wildman–Crippen MR) is 273 cm³/mol. The molecular formula is C63H45N. The maximum Gasteiger partial charge on any atom is 0.0468 e. The van der Waals surface area contributed by atoms with Crippen LogP contribution in [0.1, 0.15) is 47.2 Å². The molecule has 0 radical (unpaired) electrons. The molecule has 1 aliphatic rings. The second-order valence-electron chi connectivity index (χ2n) is 17.7. The summed E-state index contributed by atoms with van der Waals surface area (Å²) >= 11 is 0. The number of benzene rings is 11. The Balaban J connectivity index is 1.05. The maximum atomic E-state index is 2.51. The summed E-state index contributed by atoms with van der Waals surface area (Å²) in [4.78, 5) is 2.36. The summed E-state index contributed by atoms with van der Waals surface area (Å²) in [5, 5.41) is 10.3. The van der Waals surface area contributed by atoms with Crippen LogP contribution in [0.4, 0.5) is 17.1 Å². The van der Waals surface area contributed by atoms with Gasteiger partial charge in [-0.25, -0.2) is 0 Å². The zero-order valence-corrected chi connectivity index (χ0v) is 36.0. The Hall–Kier alpha value is -8.00. The van der Waals surface area contributed by atoms with Gasteiger partial charge in [-0.1, -0.05) is 190 Å². The molecule has 0 unspecified atom stereocenters. The molecule has 0 saturated carbocycles. The molecule has 0 atom stereocenters. The van der Waals surface area contributed by atoms with Crippen molar-refractivity contribution in [2.45, 2.75) is 19.3 Å². The molecule has 1 nitrogen and oxygen atoms in total. The van der Waals surface area contributed by atoms with E-state index in [-0.39, 0.29) is 5.41 Å². The minimum Gasteiger partial charge on any atom is -0.310 e. The summed E-state index contributed by atoms with van der Waals surface area (Å²) in [6.07, 6.45) is 0. The largest absolute Gasteiger partial charge is 0.310 e. The standard InChI is InChI=1S/C63H45N/c1-63(2)57-40-50(56-28-16-24-43-18-14-15-27-55(43)56)37-48-29-30-49-38-51(41-58(63)62(49)61(48)57)60(45-21-8-4-9-22-45)59(44-19-6-3-7-20-44)46-32-34-53(35-33-46)64(52-25-10-5-11-26-52)54-36-31-42-17-12-13-23-47(42)39-54/h3-41H,1-2H3/b60-59+. The Bertz CT molecular complexity index is 3600. The second kappa shape index (κ2) is 15.1. The van der Waals surface area contributed by atoms with Crippen molar-refractivity contribution >= 4 is 71.3 Å². The molecule has 0 aliphatic heterocycles. The van der Waals surface area contributed by atoms with Gasteiger partial charge in [0, 0.05) is 22.5 Å². The SMILES string of the molecule is CC1(C)c2cc(/C(=C(\c3ccccc3)c3ccc(N(c4ccccc4)c4ccc5ccccc5c4)cc3)c3ccccc3)cc3ccc4cc(-c5cccc6ccccc56)cc1c4c23. The van der Waals surface area contributed by atoms with Crippen LogP contribution in [0.3, 0.4) is 0 Å². The first-order chi connectivity index (χ1) is 31.5. The van der Waals surface area contributed by atoms with Crippen LogP contribution in [0.25, 0.3) is 65.4 Å². The molecule has 302 valence electrons. The van der Waals surface area contributed by atoms with Gasteiger partial charge in [-0.3, -0.25) is 0 Å². The zero-order chi connectivity index (χ0) is 42.8. The lowest BCUT2D eigenvalue weighted by Gasteiger charge is -2.26. The van der Waals surface area contributed by atoms with Crippen molar-refractivity contribution < 1.29 is 0 Å². The molecule has 11 aromatic rings. The summed E-state index contributed by atoms with van der Waals surface area (Å²) in [5.74, 6) is 0. The molecule has 0 bridgehead atoms. The number of hydrogen-bond donors (Lipinski definition) is 0. The lowest BCUT2D eigenvalue weighted by molar-refractivity contribution is 0.663. The van der Waals surface area contributed by atoms with Crippen molar-refractivity contribution in [3.63, 3.8) is 0 Å². The van der Waals surface area contributed by atoms with Gasteiger partial charge in [-0.05, 0) is 159 Å². The van der Waals surface area contributed by atoms with Crippen LogP contribution >= 0.6 is 0 Å². The lowest BCUT2D eigenvalue weighted by Crippen LogP contribution is -2.16. The molecule has 0 fully saturated rings. The summed E-state index contributed by atoms with van der Waals surface area (Å²) in [5.41, 5.74) is 15.6. The first-order valence-electron chi connectivity index (χ1n) is 22.3. The van der Waals surface area contributed by atoms with E-state index in [0.29, 0.717) is 0 Å². The molecule has 0 N–H and O–H groups in total. The number of rotatable bonds is 8. The maximum absolute atomic E-state index is 2.51. The summed E-state index contributed by atoms with van der Waals surface area (Å²) in [6, 6.07) is 87.1. The fraction of sp³-hybridized carbons (Fsp3) is 0.0476. The summed E-state index contributed by atoms with van der Waals surface area (Å²) in [6.45, 7) is 4.84. The van der Waals surface area contributed by atoms with Gasteiger partial charge in [-0.2, -0.15) is 0 Å². The minimum atomic E-state index is -0.225. The summed E-state index contributed by atoms with van der Waals surface area (Å²) < 4.78 is 0. The number of anilines is 3. The van der Waals surface area contributed by atoms with E-state index in [0.717, 1.165) is 22.6 Å². The Morgan fingerprint density at radius 3 is 1.53 bits per heavy atom. The molecule has 0 heterocycles. The van der Waals surface area contributed by atoms with Crippen molar-refractivity contribution in [2.75, 3.05) is 4.90 Å². The molecule has 0 spiro atoms. The van der Waals surface area contributed by atoms with Crippen LogP contribution in [-0.4, -0.2) is 0 Å². The lowest BCUT2D eigenvalue weighted by atomic mass is 9.78. The molecule has 0 amide bonds. The van der Waals surface area contributed by atoms with Crippen molar-refractivity contribution in [2.24, 2.45) is 0 Å². The van der Waals surface area contributed by atoms with Gasteiger partial charge in [0.25, 0.3) is 0 Å². The third kappa shape index (κ3) is 6.23. The van der Waals surface area contributed by atoms with Crippen molar-refractivity contribution in [1.29, 1.82) is 0 Å². The van der Waals surface area contributed by atoms with E-state index in [9.17, 15) is 0 Å². The fourth-order valence-electron chi connectivity index (χ4n) is 10.5. The van der Waals surface area contributed by atoms with Crippen LogP contribution in [0.5, 0.6) is 0 Å². The molecular weight excluding hydrogens is 771 g/mol. The molecule has 0 aromatic heterocycles. The third-order valence-electron chi connectivity index (χ3n) is 13.6. The van der Waals surface area contributed by atoms with Crippen LogP contribution in [0.15, 0.2) is 237 Å². The van der Waals surface area contributed by atoms with Gasteiger partial charge in [0.1, 0.15) is 0 Å². The van der Waals surface area contributed by atoms with Gasteiger partial charge < -0.3 is 4.90 Å². The topological polar surface area (TPSA) is 3.24 Å². The normalized spacial score (nSPS) is 13.2. The minimum absolute atomic E-state index is 0.225. The van der Waals surface area contributed by atoms with Gasteiger partial charge in [0.15, 0.2) is 0 Å². The van der Waals surface area contributed by atoms with Gasteiger partial charge in [0.2, 0.25) is 0 Å². The van der Waals surface area contributed by atoms with E-state index in [1.165, 1.54) is 93.2 Å². The van der Waals surface area contributed by atoms with Crippen LogP contribution < -0.4 is 4.90 Å². The second-order valence-corrected chi connectivity index (χ2v) is 17.7.